The first-order valence-corrected chi connectivity index (χ1v) is 9.18. The maximum Gasteiger partial charge on any atom is 0.242 e. The van der Waals surface area contributed by atoms with Gasteiger partial charge in [-0.2, -0.15) is 0 Å². The molecule has 5 nitrogen and oxygen atoms in total. The van der Waals surface area contributed by atoms with Gasteiger partial charge in [0.25, 0.3) is 0 Å². The number of rotatable bonds is 8. The summed E-state index contributed by atoms with van der Waals surface area (Å²) in [4.78, 5) is 27.2. The zero-order valence-corrected chi connectivity index (χ0v) is 16.5. The van der Waals surface area contributed by atoms with Crippen molar-refractivity contribution in [2.75, 3.05) is 14.2 Å². The van der Waals surface area contributed by atoms with Crippen LogP contribution in [0.2, 0.25) is 0 Å². The van der Waals surface area contributed by atoms with E-state index in [1.165, 1.54) is 0 Å². The van der Waals surface area contributed by atoms with Gasteiger partial charge in [0.1, 0.15) is 11.8 Å². The Morgan fingerprint density at radius 2 is 1.78 bits per heavy atom. The Morgan fingerprint density at radius 1 is 1.11 bits per heavy atom. The molecule has 0 aliphatic rings. The molecule has 1 unspecified atom stereocenters. The average Bonchev–Trinajstić information content (AvgIpc) is 2.69. The van der Waals surface area contributed by atoms with Crippen LogP contribution in [0, 0.1) is 6.92 Å². The van der Waals surface area contributed by atoms with Crippen LogP contribution in [0.5, 0.6) is 5.75 Å². The Morgan fingerprint density at radius 3 is 2.33 bits per heavy atom. The van der Waals surface area contributed by atoms with Crippen molar-refractivity contribution in [3.8, 4) is 5.75 Å². The second kappa shape index (κ2) is 9.76. The molecular weight excluding hydrogens is 340 g/mol. The van der Waals surface area contributed by atoms with Crippen molar-refractivity contribution in [2.24, 2.45) is 0 Å². The third-order valence-corrected chi connectivity index (χ3v) is 4.75. The molecule has 0 aliphatic carbocycles. The minimum atomic E-state index is -0.506. The molecule has 0 heterocycles. The van der Waals surface area contributed by atoms with Gasteiger partial charge in [-0.05, 0) is 42.2 Å². The molecule has 27 heavy (non-hydrogen) atoms. The third-order valence-electron chi connectivity index (χ3n) is 4.75. The van der Waals surface area contributed by atoms with Crippen LogP contribution in [0.15, 0.2) is 48.5 Å². The lowest BCUT2D eigenvalue weighted by atomic mass is 10.0. The van der Waals surface area contributed by atoms with Gasteiger partial charge in [-0.25, -0.2) is 0 Å². The zero-order chi connectivity index (χ0) is 19.8. The largest absolute Gasteiger partial charge is 0.497 e. The van der Waals surface area contributed by atoms with Crippen molar-refractivity contribution in [1.29, 1.82) is 0 Å². The normalized spacial score (nSPS) is 11.6. The number of nitrogens with zero attached hydrogens (tertiary/aromatic N) is 1. The van der Waals surface area contributed by atoms with E-state index in [0.717, 1.165) is 22.4 Å². The van der Waals surface area contributed by atoms with E-state index in [2.05, 4.69) is 5.32 Å². The smallest absolute Gasteiger partial charge is 0.242 e. The number of methoxy groups -OCH3 is 1. The molecule has 0 saturated heterocycles. The maximum absolute atomic E-state index is 13.1. The van der Waals surface area contributed by atoms with Crippen molar-refractivity contribution < 1.29 is 14.3 Å². The maximum atomic E-state index is 13.1. The molecular formula is C22H28N2O3. The lowest BCUT2D eigenvalue weighted by Gasteiger charge is -2.30. The van der Waals surface area contributed by atoms with Crippen LogP contribution < -0.4 is 10.1 Å². The molecule has 0 fully saturated rings. The van der Waals surface area contributed by atoms with Crippen molar-refractivity contribution in [3.05, 3.63) is 65.2 Å². The molecule has 2 aromatic carbocycles. The minimum Gasteiger partial charge on any atom is -0.497 e. The summed E-state index contributed by atoms with van der Waals surface area (Å²) < 4.78 is 5.19. The van der Waals surface area contributed by atoms with E-state index >= 15 is 0 Å². The highest BCUT2D eigenvalue weighted by atomic mass is 16.5. The van der Waals surface area contributed by atoms with Gasteiger partial charge in [0, 0.05) is 13.6 Å². The Balaban J connectivity index is 2.28. The van der Waals surface area contributed by atoms with Gasteiger partial charge in [-0.1, -0.05) is 43.3 Å². The Labute approximate surface area is 161 Å². The number of nitrogens with one attached hydrogen (secondary N) is 1. The summed E-state index contributed by atoms with van der Waals surface area (Å²) in [6.07, 6.45) is 0.825. The van der Waals surface area contributed by atoms with Gasteiger partial charge < -0.3 is 15.0 Å². The highest BCUT2D eigenvalue weighted by Crippen LogP contribution is 2.18. The Bertz CT molecular complexity index is 771. The molecule has 1 atom stereocenters. The molecule has 0 aromatic heterocycles. The van der Waals surface area contributed by atoms with E-state index in [-0.39, 0.29) is 18.2 Å². The standard InChI is InChI=1S/C22H28N2O3/c1-5-20(22(26)23-3)24(15-17-10-12-19(27-4)13-11-17)21(25)14-18-9-7-6-8-16(18)2/h6-13,20H,5,14-15H2,1-4H3,(H,23,26). The number of hydrogen-bond acceptors (Lipinski definition) is 3. The van der Waals surface area contributed by atoms with Crippen LogP contribution in [-0.2, 0) is 22.6 Å². The van der Waals surface area contributed by atoms with Gasteiger partial charge >= 0.3 is 0 Å². The van der Waals surface area contributed by atoms with Crippen molar-refractivity contribution >= 4 is 11.8 Å². The molecule has 144 valence electrons. The lowest BCUT2D eigenvalue weighted by molar-refractivity contribution is -0.140. The molecule has 2 amide bonds. The monoisotopic (exact) mass is 368 g/mol. The van der Waals surface area contributed by atoms with E-state index in [0.29, 0.717) is 13.0 Å². The predicted molar refractivity (Wildman–Crippen MR) is 107 cm³/mol. The van der Waals surface area contributed by atoms with E-state index in [4.69, 9.17) is 4.74 Å². The Kier molecular flexibility index (Phi) is 7.41. The molecule has 1 N–H and O–H groups in total. The number of carbonyl (C=O) groups is 2. The van der Waals surface area contributed by atoms with E-state index in [9.17, 15) is 9.59 Å². The van der Waals surface area contributed by atoms with Crippen molar-refractivity contribution in [2.45, 2.75) is 39.3 Å². The second-order valence-corrected chi connectivity index (χ2v) is 6.51. The van der Waals surface area contributed by atoms with E-state index < -0.39 is 6.04 Å². The second-order valence-electron chi connectivity index (χ2n) is 6.51. The number of ether oxygens (including phenoxy) is 1. The quantitative estimate of drug-likeness (QED) is 0.779. The molecule has 0 aliphatic heterocycles. The lowest BCUT2D eigenvalue weighted by Crippen LogP contribution is -2.48. The van der Waals surface area contributed by atoms with Gasteiger partial charge in [0.15, 0.2) is 0 Å². The molecule has 0 saturated carbocycles. The van der Waals surface area contributed by atoms with Crippen molar-refractivity contribution in [1.82, 2.24) is 10.2 Å². The first kappa shape index (κ1) is 20.5. The topological polar surface area (TPSA) is 58.6 Å². The summed E-state index contributed by atoms with van der Waals surface area (Å²) in [7, 11) is 3.22. The van der Waals surface area contributed by atoms with Crippen LogP contribution in [0.1, 0.15) is 30.0 Å². The van der Waals surface area contributed by atoms with E-state index in [1.54, 1.807) is 19.1 Å². The number of amides is 2. The first-order chi connectivity index (χ1) is 13.0. The summed E-state index contributed by atoms with van der Waals surface area (Å²) >= 11 is 0. The Hall–Kier alpha value is -2.82. The average molecular weight is 368 g/mol. The molecule has 0 spiro atoms. The molecule has 5 heteroatoms. The molecule has 2 rings (SSSR count). The van der Waals surface area contributed by atoms with Crippen LogP contribution in [0.4, 0.5) is 0 Å². The molecule has 0 bridgehead atoms. The van der Waals surface area contributed by atoms with Gasteiger partial charge in [0.05, 0.1) is 13.5 Å². The van der Waals surface area contributed by atoms with Crippen LogP contribution >= 0.6 is 0 Å². The zero-order valence-electron chi connectivity index (χ0n) is 16.5. The van der Waals surface area contributed by atoms with E-state index in [1.807, 2.05) is 62.4 Å². The fraction of sp³-hybridized carbons (Fsp3) is 0.364. The van der Waals surface area contributed by atoms with Crippen molar-refractivity contribution in [3.63, 3.8) is 0 Å². The summed E-state index contributed by atoms with van der Waals surface area (Å²) in [6, 6.07) is 14.9. The number of aryl methyl sites for hydroxylation is 1. The summed E-state index contributed by atoms with van der Waals surface area (Å²) in [5.74, 6) is 0.551. The van der Waals surface area contributed by atoms with Crippen LogP contribution in [-0.4, -0.2) is 36.9 Å². The summed E-state index contributed by atoms with van der Waals surface area (Å²) in [6.45, 7) is 4.29. The van der Waals surface area contributed by atoms with Crippen LogP contribution in [0.25, 0.3) is 0 Å². The number of carbonyl (C=O) groups excluding carboxylic acids is 2. The minimum absolute atomic E-state index is 0.0597. The van der Waals surface area contributed by atoms with Gasteiger partial charge in [-0.3, -0.25) is 9.59 Å². The van der Waals surface area contributed by atoms with Crippen LogP contribution in [0.3, 0.4) is 0 Å². The summed E-state index contributed by atoms with van der Waals surface area (Å²) in [5.41, 5.74) is 3.01. The number of benzene rings is 2. The fourth-order valence-corrected chi connectivity index (χ4v) is 3.09. The SMILES string of the molecule is CCC(C(=O)NC)N(Cc1ccc(OC)cc1)C(=O)Cc1ccccc1C. The fourth-order valence-electron chi connectivity index (χ4n) is 3.09. The number of likely N-dealkylation sites (N-methyl/N-ethyl adjacent to an activating group) is 1. The van der Waals surface area contributed by atoms with Gasteiger partial charge in [-0.15, -0.1) is 0 Å². The van der Waals surface area contributed by atoms with Gasteiger partial charge in [0.2, 0.25) is 11.8 Å². The molecule has 2 aromatic rings. The third kappa shape index (κ3) is 5.33. The highest BCUT2D eigenvalue weighted by Gasteiger charge is 2.28. The number of hydrogen-bond donors (Lipinski definition) is 1. The first-order valence-electron chi connectivity index (χ1n) is 9.18. The predicted octanol–water partition coefficient (Wildman–Crippen LogP) is 3.10. The molecule has 0 radical (unpaired) electrons. The summed E-state index contributed by atoms with van der Waals surface area (Å²) in [5, 5.41) is 2.68. The highest BCUT2D eigenvalue weighted by molar-refractivity contribution is 5.88.